The van der Waals surface area contributed by atoms with Gasteiger partial charge in [0.25, 0.3) is 0 Å². The smallest absolute Gasteiger partial charge is 0.328 e. The third-order valence-electron chi connectivity index (χ3n) is 4.09. The monoisotopic (exact) mass is 398 g/mol. The summed E-state index contributed by atoms with van der Waals surface area (Å²) in [7, 11) is 0. The van der Waals surface area contributed by atoms with E-state index >= 15 is 0 Å². The van der Waals surface area contributed by atoms with Crippen LogP contribution in [-0.4, -0.2) is 47.2 Å². The quantitative estimate of drug-likeness (QED) is 0.537. The summed E-state index contributed by atoms with van der Waals surface area (Å²) in [6.07, 6.45) is 1.45. The second kappa shape index (κ2) is 8.25. The number of hydrogen-bond donors (Lipinski definition) is 4. The van der Waals surface area contributed by atoms with Gasteiger partial charge in [0, 0.05) is 10.4 Å². The summed E-state index contributed by atoms with van der Waals surface area (Å²) in [6.45, 7) is -1.01. The van der Waals surface area contributed by atoms with Gasteiger partial charge in [0.1, 0.15) is 6.04 Å². The van der Waals surface area contributed by atoms with Crippen molar-refractivity contribution in [3.05, 3.63) is 34.3 Å². The van der Waals surface area contributed by atoms with E-state index in [1.807, 2.05) is 24.3 Å². The van der Waals surface area contributed by atoms with Crippen LogP contribution < -0.4 is 10.6 Å². The average molecular weight is 399 g/mol. The minimum absolute atomic E-state index is 0.139. The van der Waals surface area contributed by atoms with Crippen molar-refractivity contribution in [2.24, 2.45) is 5.92 Å². The predicted octanol–water partition coefficient (Wildman–Crippen LogP) is 0.621. The first kappa shape index (κ1) is 18.4. The molecule has 1 saturated carbocycles. The number of hydrogen-bond acceptors (Lipinski definition) is 4. The van der Waals surface area contributed by atoms with E-state index in [0.717, 1.165) is 17.3 Å². The molecule has 7 nitrogen and oxygen atoms in total. The Morgan fingerprint density at radius 1 is 1.21 bits per heavy atom. The molecular formula is C16H19BrN2O5. The fourth-order valence-electron chi connectivity index (χ4n) is 2.58. The maximum atomic E-state index is 12.0. The van der Waals surface area contributed by atoms with Crippen molar-refractivity contribution in [3.63, 3.8) is 0 Å². The summed E-state index contributed by atoms with van der Waals surface area (Å²) in [6, 6.07) is 6.62. The van der Waals surface area contributed by atoms with Gasteiger partial charge in [-0.2, -0.15) is 0 Å². The molecule has 1 fully saturated rings. The summed E-state index contributed by atoms with van der Waals surface area (Å²) in [4.78, 5) is 34.2. The Bertz CT molecular complexity index is 613. The van der Waals surface area contributed by atoms with E-state index < -0.39 is 24.5 Å². The van der Waals surface area contributed by atoms with E-state index in [-0.39, 0.29) is 18.4 Å². The molecule has 1 aliphatic carbocycles. The van der Waals surface area contributed by atoms with Gasteiger partial charge in [-0.25, -0.2) is 4.79 Å². The Balaban J connectivity index is 1.72. The molecule has 0 saturated heterocycles. The molecule has 0 spiro atoms. The number of benzene rings is 1. The van der Waals surface area contributed by atoms with Crippen molar-refractivity contribution in [3.8, 4) is 0 Å². The van der Waals surface area contributed by atoms with Crippen LogP contribution in [-0.2, 0) is 14.4 Å². The Morgan fingerprint density at radius 3 is 2.38 bits per heavy atom. The molecule has 0 bridgehead atoms. The van der Waals surface area contributed by atoms with E-state index in [4.69, 9.17) is 10.2 Å². The van der Waals surface area contributed by atoms with E-state index in [9.17, 15) is 14.4 Å². The Hall–Kier alpha value is -1.93. The topological polar surface area (TPSA) is 116 Å². The first-order valence-corrected chi connectivity index (χ1v) is 8.36. The van der Waals surface area contributed by atoms with Crippen molar-refractivity contribution in [1.29, 1.82) is 0 Å². The molecule has 0 aliphatic heterocycles. The van der Waals surface area contributed by atoms with Gasteiger partial charge in [-0.3, -0.25) is 9.59 Å². The molecule has 1 atom stereocenters. The molecule has 8 heteroatoms. The van der Waals surface area contributed by atoms with Crippen molar-refractivity contribution in [1.82, 2.24) is 10.6 Å². The third kappa shape index (κ3) is 4.78. The number of nitrogens with one attached hydrogen (secondary N) is 2. The van der Waals surface area contributed by atoms with E-state index in [0.29, 0.717) is 5.92 Å². The summed E-state index contributed by atoms with van der Waals surface area (Å²) in [5.74, 6) is -1.98. The third-order valence-corrected chi connectivity index (χ3v) is 4.62. The minimum Gasteiger partial charge on any atom is -0.480 e. The number of aliphatic carboxylic acids is 1. The second-order valence-electron chi connectivity index (χ2n) is 5.78. The zero-order chi connectivity index (χ0) is 17.7. The summed E-state index contributed by atoms with van der Waals surface area (Å²) in [5, 5.41) is 22.2. The van der Waals surface area contributed by atoms with Crippen LogP contribution in [0.3, 0.4) is 0 Å². The summed E-state index contributed by atoms with van der Waals surface area (Å²) in [5.41, 5.74) is 1.19. The van der Waals surface area contributed by atoms with E-state index in [2.05, 4.69) is 26.6 Å². The van der Waals surface area contributed by atoms with Crippen LogP contribution in [0.25, 0.3) is 0 Å². The lowest BCUT2D eigenvalue weighted by Gasteiger charge is -2.34. The van der Waals surface area contributed by atoms with Crippen molar-refractivity contribution >= 4 is 33.7 Å². The fraction of sp³-hybridized carbons (Fsp3) is 0.438. The summed E-state index contributed by atoms with van der Waals surface area (Å²) >= 11 is 3.38. The van der Waals surface area contributed by atoms with Gasteiger partial charge >= 0.3 is 5.97 Å². The van der Waals surface area contributed by atoms with Gasteiger partial charge in [0.15, 0.2) is 0 Å². The molecular weight excluding hydrogens is 380 g/mol. The van der Waals surface area contributed by atoms with Crippen LogP contribution in [0.2, 0.25) is 0 Å². The molecule has 0 unspecified atom stereocenters. The molecule has 1 aromatic carbocycles. The lowest BCUT2D eigenvalue weighted by atomic mass is 9.71. The number of carboxylic acids is 1. The number of carbonyl (C=O) groups is 3. The molecule has 0 heterocycles. The minimum atomic E-state index is -1.36. The molecule has 2 rings (SSSR count). The molecule has 2 amide bonds. The van der Waals surface area contributed by atoms with Gasteiger partial charge in [-0.1, -0.05) is 28.1 Å². The van der Waals surface area contributed by atoms with Crippen molar-refractivity contribution in [2.75, 3.05) is 13.2 Å². The Labute approximate surface area is 147 Å². The second-order valence-corrected chi connectivity index (χ2v) is 6.69. The molecule has 0 aromatic heterocycles. The van der Waals surface area contributed by atoms with Crippen LogP contribution in [0.15, 0.2) is 28.7 Å². The number of rotatable bonds is 7. The number of carboxylic acid groups (broad SMARTS) is 1. The first-order valence-electron chi connectivity index (χ1n) is 7.57. The molecule has 130 valence electrons. The van der Waals surface area contributed by atoms with E-state index in [1.165, 1.54) is 5.56 Å². The largest absolute Gasteiger partial charge is 0.480 e. The number of amides is 2. The van der Waals surface area contributed by atoms with Gasteiger partial charge < -0.3 is 20.8 Å². The zero-order valence-corrected chi connectivity index (χ0v) is 14.5. The fourth-order valence-corrected chi connectivity index (χ4v) is 2.85. The van der Waals surface area contributed by atoms with Gasteiger partial charge in [-0.05, 0) is 36.5 Å². The maximum Gasteiger partial charge on any atom is 0.328 e. The highest BCUT2D eigenvalue weighted by Gasteiger charge is 2.35. The standard InChI is InChI=1S/C16H19BrN2O5/c17-12-3-1-9(2-4-12)10-5-11(6-10)15(22)18-7-14(21)19-13(8-20)16(23)24/h1-4,10-11,13,20H,5-8H2,(H,18,22)(H,19,21)(H,23,24)/t10?,11?,13-/m0/s1. The number of carbonyl (C=O) groups excluding carboxylic acids is 2. The molecule has 0 radical (unpaired) electrons. The Kier molecular flexibility index (Phi) is 6.33. The number of aliphatic hydroxyl groups is 1. The predicted molar refractivity (Wildman–Crippen MR) is 89.3 cm³/mol. The maximum absolute atomic E-state index is 12.0. The normalized spacial score (nSPS) is 20.6. The highest BCUT2D eigenvalue weighted by molar-refractivity contribution is 9.10. The highest BCUT2D eigenvalue weighted by atomic mass is 79.9. The highest BCUT2D eigenvalue weighted by Crippen LogP contribution is 2.41. The van der Waals surface area contributed by atoms with Crippen LogP contribution >= 0.6 is 15.9 Å². The SMILES string of the molecule is O=C(CNC(=O)C1CC(c2ccc(Br)cc2)C1)N[C@@H](CO)C(=O)O. The number of aliphatic hydroxyl groups excluding tert-OH is 1. The lowest BCUT2D eigenvalue weighted by Crippen LogP contribution is -2.48. The van der Waals surface area contributed by atoms with Crippen molar-refractivity contribution < 1.29 is 24.6 Å². The molecule has 1 aliphatic rings. The zero-order valence-electron chi connectivity index (χ0n) is 12.9. The van der Waals surface area contributed by atoms with Crippen LogP contribution in [0.4, 0.5) is 0 Å². The van der Waals surface area contributed by atoms with Crippen LogP contribution in [0.5, 0.6) is 0 Å². The number of halogens is 1. The summed E-state index contributed by atoms with van der Waals surface area (Å²) < 4.78 is 1.01. The van der Waals surface area contributed by atoms with E-state index in [1.54, 1.807) is 0 Å². The van der Waals surface area contributed by atoms with Crippen molar-refractivity contribution in [2.45, 2.75) is 24.8 Å². The first-order chi connectivity index (χ1) is 11.4. The van der Waals surface area contributed by atoms with Gasteiger partial charge in [0.2, 0.25) is 11.8 Å². The van der Waals surface area contributed by atoms with Gasteiger partial charge in [-0.15, -0.1) is 0 Å². The van der Waals surface area contributed by atoms with Gasteiger partial charge in [0.05, 0.1) is 13.2 Å². The lowest BCUT2D eigenvalue weighted by molar-refractivity contribution is -0.142. The molecule has 4 N–H and O–H groups in total. The van der Waals surface area contributed by atoms with Crippen LogP contribution in [0, 0.1) is 5.92 Å². The van der Waals surface area contributed by atoms with Crippen LogP contribution in [0.1, 0.15) is 24.3 Å². The Morgan fingerprint density at radius 2 is 1.83 bits per heavy atom. The molecule has 24 heavy (non-hydrogen) atoms. The average Bonchev–Trinajstić information content (AvgIpc) is 2.50. The molecule has 1 aromatic rings.